The average Bonchev–Trinajstić information content (AvgIpc) is 3.26. The van der Waals surface area contributed by atoms with E-state index in [9.17, 15) is 4.79 Å². The van der Waals surface area contributed by atoms with E-state index in [1.165, 1.54) is 12.8 Å². The minimum atomic E-state index is -0.0485. The van der Waals surface area contributed by atoms with Crippen molar-refractivity contribution < 1.29 is 4.79 Å². The highest BCUT2D eigenvalue weighted by atomic mass is 16.1. The van der Waals surface area contributed by atoms with Crippen LogP contribution in [0.25, 0.3) is 11.0 Å². The van der Waals surface area contributed by atoms with Gasteiger partial charge in [0.15, 0.2) is 5.65 Å². The highest BCUT2D eigenvalue weighted by molar-refractivity contribution is 5.98. The lowest BCUT2D eigenvalue weighted by molar-refractivity contribution is 0.0938. The van der Waals surface area contributed by atoms with Crippen LogP contribution in [-0.2, 0) is 7.05 Å². The van der Waals surface area contributed by atoms with Crippen molar-refractivity contribution >= 4 is 16.9 Å². The summed E-state index contributed by atoms with van der Waals surface area (Å²) in [5.74, 6) is 0.667. The zero-order valence-corrected chi connectivity index (χ0v) is 14.6. The van der Waals surface area contributed by atoms with Crippen molar-refractivity contribution in [2.75, 3.05) is 20.6 Å². The first-order valence-electron chi connectivity index (χ1n) is 8.14. The third-order valence-electron chi connectivity index (χ3n) is 4.74. The molecule has 1 saturated carbocycles. The second-order valence-corrected chi connectivity index (χ2v) is 6.78. The third kappa shape index (κ3) is 3.08. The first-order valence-corrected chi connectivity index (χ1v) is 8.14. The van der Waals surface area contributed by atoms with E-state index in [0.717, 1.165) is 22.4 Å². The lowest BCUT2D eigenvalue weighted by Gasteiger charge is -2.24. The Morgan fingerprint density at radius 1 is 1.39 bits per heavy atom. The van der Waals surface area contributed by atoms with Crippen molar-refractivity contribution in [2.45, 2.75) is 32.7 Å². The maximum absolute atomic E-state index is 12.6. The summed E-state index contributed by atoms with van der Waals surface area (Å²) in [6, 6.07) is 2.33. The molecule has 1 N–H and O–H groups in total. The van der Waals surface area contributed by atoms with Gasteiger partial charge in [0.1, 0.15) is 0 Å². The summed E-state index contributed by atoms with van der Waals surface area (Å²) in [4.78, 5) is 19.4. The van der Waals surface area contributed by atoms with E-state index >= 15 is 0 Å². The van der Waals surface area contributed by atoms with E-state index in [4.69, 9.17) is 0 Å². The molecule has 0 spiro atoms. The molecule has 3 rings (SSSR count). The number of aryl methyl sites for hydroxylation is 3. The second-order valence-electron chi connectivity index (χ2n) is 6.78. The number of likely N-dealkylation sites (N-methyl/N-ethyl adjacent to an activating group) is 1. The number of hydrogen-bond donors (Lipinski definition) is 1. The van der Waals surface area contributed by atoms with Gasteiger partial charge >= 0.3 is 0 Å². The summed E-state index contributed by atoms with van der Waals surface area (Å²) >= 11 is 0. The Kier molecular flexibility index (Phi) is 4.10. The van der Waals surface area contributed by atoms with Crippen LogP contribution in [0.1, 0.15) is 34.6 Å². The zero-order valence-electron chi connectivity index (χ0n) is 14.6. The second kappa shape index (κ2) is 5.92. The predicted octanol–water partition coefficient (Wildman–Crippen LogP) is 1.66. The Hall–Kier alpha value is -1.95. The number of amides is 1. The molecule has 6 nitrogen and oxygen atoms in total. The quantitative estimate of drug-likeness (QED) is 0.911. The van der Waals surface area contributed by atoms with Gasteiger partial charge in [0.2, 0.25) is 0 Å². The van der Waals surface area contributed by atoms with Crippen LogP contribution < -0.4 is 5.32 Å². The predicted molar refractivity (Wildman–Crippen MR) is 90.5 cm³/mol. The molecule has 2 aromatic heterocycles. The molecule has 1 fully saturated rings. The van der Waals surface area contributed by atoms with Crippen molar-refractivity contribution in [3.8, 4) is 0 Å². The topological polar surface area (TPSA) is 63.1 Å². The fourth-order valence-electron chi connectivity index (χ4n) is 3.21. The van der Waals surface area contributed by atoms with Gasteiger partial charge in [-0.2, -0.15) is 5.10 Å². The molecule has 0 aliphatic heterocycles. The number of nitrogens with one attached hydrogen (secondary N) is 1. The number of fused-ring (bicyclic) bond motifs is 1. The summed E-state index contributed by atoms with van der Waals surface area (Å²) < 4.78 is 1.76. The van der Waals surface area contributed by atoms with Crippen LogP contribution in [0.3, 0.4) is 0 Å². The van der Waals surface area contributed by atoms with Gasteiger partial charge in [-0.05, 0) is 52.8 Å². The molecule has 0 radical (unpaired) electrons. The number of carbonyl (C=O) groups is 1. The van der Waals surface area contributed by atoms with Crippen molar-refractivity contribution in [2.24, 2.45) is 13.0 Å². The molecule has 6 heteroatoms. The van der Waals surface area contributed by atoms with E-state index in [2.05, 4.69) is 34.4 Å². The molecule has 23 heavy (non-hydrogen) atoms. The van der Waals surface area contributed by atoms with Crippen LogP contribution >= 0.6 is 0 Å². The maximum atomic E-state index is 12.6. The molecule has 1 aliphatic rings. The normalized spacial score (nSPS) is 16.1. The standard InChI is InChI=1S/C17H25N5O/c1-10-14(8-13-11(2)20-22(5)16(13)19-10)17(23)18-9-15(21(3)4)12-6-7-12/h8,12,15H,6-7,9H2,1-5H3,(H,18,23)/t15-/m1/s1. The number of pyridine rings is 1. The van der Waals surface area contributed by atoms with Crippen molar-refractivity contribution in [1.82, 2.24) is 25.0 Å². The summed E-state index contributed by atoms with van der Waals surface area (Å²) in [6.07, 6.45) is 2.53. The largest absolute Gasteiger partial charge is 0.350 e. The fourth-order valence-corrected chi connectivity index (χ4v) is 3.21. The lowest BCUT2D eigenvalue weighted by Crippen LogP contribution is -2.41. The van der Waals surface area contributed by atoms with Gasteiger partial charge in [0.25, 0.3) is 5.91 Å². The van der Waals surface area contributed by atoms with Crippen LogP contribution in [0, 0.1) is 19.8 Å². The van der Waals surface area contributed by atoms with Gasteiger partial charge in [-0.25, -0.2) is 4.98 Å². The summed E-state index contributed by atoms with van der Waals surface area (Å²) in [5, 5.41) is 8.40. The Morgan fingerprint density at radius 3 is 2.70 bits per heavy atom. The van der Waals surface area contributed by atoms with Crippen LogP contribution in [-0.4, -0.2) is 52.3 Å². The highest BCUT2D eigenvalue weighted by Gasteiger charge is 2.32. The Labute approximate surface area is 136 Å². The molecule has 0 bridgehead atoms. The Bertz CT molecular complexity index is 743. The maximum Gasteiger partial charge on any atom is 0.253 e. The third-order valence-corrected chi connectivity index (χ3v) is 4.74. The first kappa shape index (κ1) is 15.9. The summed E-state index contributed by atoms with van der Waals surface area (Å²) in [5.41, 5.74) is 3.10. The van der Waals surface area contributed by atoms with Gasteiger partial charge in [-0.1, -0.05) is 0 Å². The molecule has 0 aromatic carbocycles. The SMILES string of the molecule is Cc1nc2c(cc1C(=O)NC[C@H](C1CC1)N(C)C)c(C)nn2C. The van der Waals surface area contributed by atoms with Crippen molar-refractivity contribution in [3.05, 3.63) is 23.0 Å². The highest BCUT2D eigenvalue weighted by Crippen LogP contribution is 2.34. The van der Waals surface area contributed by atoms with Crippen molar-refractivity contribution in [3.63, 3.8) is 0 Å². The molecular weight excluding hydrogens is 290 g/mol. The van der Waals surface area contributed by atoms with Gasteiger partial charge in [-0.15, -0.1) is 0 Å². The number of nitrogens with zero attached hydrogens (tertiary/aromatic N) is 4. The first-order chi connectivity index (χ1) is 10.9. The van der Waals surface area contributed by atoms with Gasteiger partial charge in [0.05, 0.1) is 17.0 Å². The van der Waals surface area contributed by atoms with Crippen LogP contribution in [0.4, 0.5) is 0 Å². The Balaban J connectivity index is 1.80. The molecule has 1 aliphatic carbocycles. The molecule has 0 saturated heterocycles. The molecule has 1 amide bonds. The van der Waals surface area contributed by atoms with E-state index < -0.39 is 0 Å². The number of hydrogen-bond acceptors (Lipinski definition) is 4. The lowest BCUT2D eigenvalue weighted by atomic mass is 10.1. The molecule has 0 unspecified atom stereocenters. The van der Waals surface area contributed by atoms with Gasteiger partial charge in [-0.3, -0.25) is 9.48 Å². The summed E-state index contributed by atoms with van der Waals surface area (Å²) in [6.45, 7) is 4.50. The average molecular weight is 315 g/mol. The van der Waals surface area contributed by atoms with E-state index in [-0.39, 0.29) is 5.91 Å². The van der Waals surface area contributed by atoms with Crippen LogP contribution in [0.15, 0.2) is 6.07 Å². The Morgan fingerprint density at radius 2 is 2.09 bits per heavy atom. The molecule has 124 valence electrons. The van der Waals surface area contributed by atoms with Gasteiger partial charge < -0.3 is 10.2 Å². The van der Waals surface area contributed by atoms with Crippen molar-refractivity contribution in [1.29, 1.82) is 0 Å². The van der Waals surface area contributed by atoms with E-state index in [1.54, 1.807) is 4.68 Å². The minimum Gasteiger partial charge on any atom is -0.350 e. The van der Waals surface area contributed by atoms with Crippen LogP contribution in [0.2, 0.25) is 0 Å². The zero-order chi connectivity index (χ0) is 16.7. The fraction of sp³-hybridized carbons (Fsp3) is 0.588. The van der Waals surface area contributed by atoms with E-state index in [0.29, 0.717) is 24.1 Å². The summed E-state index contributed by atoms with van der Waals surface area (Å²) in [7, 11) is 6.03. The smallest absolute Gasteiger partial charge is 0.253 e. The molecule has 2 heterocycles. The number of aromatic nitrogens is 3. The minimum absolute atomic E-state index is 0.0485. The molecule has 1 atom stereocenters. The number of rotatable bonds is 5. The van der Waals surface area contributed by atoms with Crippen LogP contribution in [0.5, 0.6) is 0 Å². The van der Waals surface area contributed by atoms with E-state index in [1.807, 2.05) is 27.0 Å². The molecule has 2 aromatic rings. The molecular formula is C17H25N5O. The monoisotopic (exact) mass is 315 g/mol. The number of carbonyl (C=O) groups excluding carboxylic acids is 1. The van der Waals surface area contributed by atoms with Gasteiger partial charge in [0, 0.05) is 25.0 Å².